The first-order valence-electron chi connectivity index (χ1n) is 4.97. The lowest BCUT2D eigenvalue weighted by Crippen LogP contribution is -2.15. The van der Waals surface area contributed by atoms with Crippen molar-refractivity contribution in [1.29, 1.82) is 0 Å². The van der Waals surface area contributed by atoms with Crippen LogP contribution in [0.4, 0.5) is 0 Å². The van der Waals surface area contributed by atoms with Gasteiger partial charge in [-0.1, -0.05) is 5.16 Å². The van der Waals surface area contributed by atoms with Crippen LogP contribution in [0.5, 0.6) is 0 Å². The number of sulfone groups is 1. The van der Waals surface area contributed by atoms with Crippen molar-refractivity contribution in [3.05, 3.63) is 30.5 Å². The maximum Gasteiger partial charge on any atom is 0.190 e. The molecule has 0 bridgehead atoms. The molecule has 0 unspecified atom stereocenters. The SMILES string of the molecule is CS(=O)(=O)c1cnn(-c2cnc(/C(N)=N/O)cn2)c1. The Morgan fingerprint density at radius 3 is 2.58 bits per heavy atom. The molecule has 0 aliphatic heterocycles. The first kappa shape index (κ1) is 13.0. The lowest BCUT2D eigenvalue weighted by atomic mass is 10.4. The van der Waals surface area contributed by atoms with Gasteiger partial charge in [-0.2, -0.15) is 5.10 Å². The number of nitrogens with two attached hydrogens (primary N) is 1. The molecule has 0 saturated heterocycles. The summed E-state index contributed by atoms with van der Waals surface area (Å²) in [6.07, 6.45) is 6.23. The minimum Gasteiger partial charge on any atom is -0.409 e. The highest BCUT2D eigenvalue weighted by molar-refractivity contribution is 7.90. The first-order valence-corrected chi connectivity index (χ1v) is 6.86. The quantitative estimate of drug-likeness (QED) is 0.324. The van der Waals surface area contributed by atoms with Crippen molar-refractivity contribution in [2.75, 3.05) is 6.26 Å². The Morgan fingerprint density at radius 1 is 1.37 bits per heavy atom. The van der Waals surface area contributed by atoms with Crippen LogP contribution >= 0.6 is 0 Å². The topological polar surface area (TPSA) is 136 Å². The molecule has 0 spiro atoms. The van der Waals surface area contributed by atoms with Crippen molar-refractivity contribution >= 4 is 15.7 Å². The lowest BCUT2D eigenvalue weighted by molar-refractivity contribution is 0.318. The van der Waals surface area contributed by atoms with E-state index in [1.54, 1.807) is 0 Å². The Kier molecular flexibility index (Phi) is 3.17. The van der Waals surface area contributed by atoms with Gasteiger partial charge in [0.05, 0.1) is 24.8 Å². The van der Waals surface area contributed by atoms with E-state index >= 15 is 0 Å². The third kappa shape index (κ3) is 2.68. The van der Waals surface area contributed by atoms with Crippen LogP contribution < -0.4 is 5.73 Å². The highest BCUT2D eigenvalue weighted by atomic mass is 32.2. The van der Waals surface area contributed by atoms with Gasteiger partial charge in [-0.05, 0) is 0 Å². The summed E-state index contributed by atoms with van der Waals surface area (Å²) in [6.45, 7) is 0. The van der Waals surface area contributed by atoms with Gasteiger partial charge in [-0.3, -0.25) is 0 Å². The van der Waals surface area contributed by atoms with Crippen LogP contribution in [0, 0.1) is 0 Å². The summed E-state index contributed by atoms with van der Waals surface area (Å²) < 4.78 is 23.9. The molecule has 0 aliphatic carbocycles. The summed E-state index contributed by atoms with van der Waals surface area (Å²) >= 11 is 0. The third-order valence-electron chi connectivity index (χ3n) is 2.23. The van der Waals surface area contributed by atoms with Crippen LogP contribution in [0.3, 0.4) is 0 Å². The minimum absolute atomic E-state index is 0.0785. The zero-order valence-electron chi connectivity index (χ0n) is 9.79. The van der Waals surface area contributed by atoms with E-state index < -0.39 is 9.84 Å². The Balaban J connectivity index is 2.36. The zero-order chi connectivity index (χ0) is 14.0. The summed E-state index contributed by atoms with van der Waals surface area (Å²) in [7, 11) is -3.32. The van der Waals surface area contributed by atoms with Crippen molar-refractivity contribution in [2.45, 2.75) is 4.90 Å². The largest absolute Gasteiger partial charge is 0.409 e. The average molecular weight is 282 g/mol. The molecule has 0 fully saturated rings. The molecule has 9 nitrogen and oxygen atoms in total. The van der Waals surface area contributed by atoms with Gasteiger partial charge in [0.1, 0.15) is 10.6 Å². The van der Waals surface area contributed by atoms with Crippen LogP contribution in [0.25, 0.3) is 5.82 Å². The van der Waals surface area contributed by atoms with Crippen molar-refractivity contribution in [3.8, 4) is 5.82 Å². The van der Waals surface area contributed by atoms with Crippen LogP contribution in [-0.4, -0.2) is 45.5 Å². The molecule has 100 valence electrons. The van der Waals surface area contributed by atoms with Gasteiger partial charge in [0.15, 0.2) is 21.5 Å². The summed E-state index contributed by atoms with van der Waals surface area (Å²) in [5, 5.41) is 15.1. The van der Waals surface area contributed by atoms with Gasteiger partial charge in [0.2, 0.25) is 0 Å². The van der Waals surface area contributed by atoms with Crippen LogP contribution in [-0.2, 0) is 9.84 Å². The molecule has 2 rings (SSSR count). The number of hydrogen-bond acceptors (Lipinski definition) is 7. The Morgan fingerprint density at radius 2 is 2.11 bits per heavy atom. The van der Waals surface area contributed by atoms with Crippen molar-refractivity contribution < 1.29 is 13.6 Å². The second-order valence-corrected chi connectivity index (χ2v) is 5.65. The monoisotopic (exact) mass is 282 g/mol. The smallest absolute Gasteiger partial charge is 0.190 e. The summed E-state index contributed by atoms with van der Waals surface area (Å²) in [6, 6.07) is 0. The molecule has 0 aromatic carbocycles. The van der Waals surface area contributed by atoms with Crippen LogP contribution in [0.2, 0.25) is 0 Å². The highest BCUT2D eigenvalue weighted by Gasteiger charge is 2.11. The van der Waals surface area contributed by atoms with Crippen LogP contribution in [0.15, 0.2) is 34.8 Å². The van der Waals surface area contributed by atoms with E-state index in [1.165, 1.54) is 29.5 Å². The Bertz CT molecular complexity index is 719. The molecular weight excluding hydrogens is 272 g/mol. The van der Waals surface area contributed by atoms with Crippen molar-refractivity contribution in [3.63, 3.8) is 0 Å². The van der Waals surface area contributed by atoms with E-state index in [9.17, 15) is 8.42 Å². The van der Waals surface area contributed by atoms with Gasteiger partial charge < -0.3 is 10.9 Å². The summed E-state index contributed by atoms with van der Waals surface area (Å²) in [5.41, 5.74) is 5.54. The maximum atomic E-state index is 11.3. The van der Waals surface area contributed by atoms with Crippen molar-refractivity contribution in [2.24, 2.45) is 10.9 Å². The zero-order valence-corrected chi connectivity index (χ0v) is 10.6. The molecule has 19 heavy (non-hydrogen) atoms. The molecule has 2 heterocycles. The van der Waals surface area contributed by atoms with E-state index in [0.717, 1.165) is 6.26 Å². The van der Waals surface area contributed by atoms with Crippen molar-refractivity contribution in [1.82, 2.24) is 19.7 Å². The molecule has 3 N–H and O–H groups in total. The molecule has 2 aromatic heterocycles. The molecule has 0 atom stereocenters. The van der Waals surface area contributed by atoms with Gasteiger partial charge in [0.25, 0.3) is 0 Å². The molecule has 10 heteroatoms. The third-order valence-corrected chi connectivity index (χ3v) is 3.30. The molecule has 0 aliphatic rings. The predicted molar refractivity (Wildman–Crippen MR) is 64.8 cm³/mol. The molecule has 0 amide bonds. The van der Waals surface area contributed by atoms with E-state index in [4.69, 9.17) is 10.9 Å². The standard InChI is InChI=1S/C9H10N6O3S/c1-19(17,18)6-2-13-15(5-6)8-4-11-7(3-12-8)9(10)14-16/h2-5,16H,1H3,(H2,10,14). The minimum atomic E-state index is -3.32. The number of oxime groups is 1. The Hall–Kier alpha value is -2.49. The predicted octanol–water partition coefficient (Wildman–Crippen LogP) is -0.840. The molecular formula is C9H10N6O3S. The normalized spacial score (nSPS) is 12.6. The highest BCUT2D eigenvalue weighted by Crippen LogP contribution is 2.09. The summed E-state index contributed by atoms with van der Waals surface area (Å²) in [5.74, 6) is 0.140. The second-order valence-electron chi connectivity index (χ2n) is 3.64. The molecule has 0 saturated carbocycles. The lowest BCUT2D eigenvalue weighted by Gasteiger charge is -2.00. The number of amidine groups is 1. The van der Waals surface area contributed by atoms with Gasteiger partial charge in [-0.25, -0.2) is 23.1 Å². The number of rotatable bonds is 3. The number of hydrogen-bond donors (Lipinski definition) is 2. The van der Waals surface area contributed by atoms with Gasteiger partial charge in [0, 0.05) is 6.26 Å². The fourth-order valence-corrected chi connectivity index (χ4v) is 1.78. The number of nitrogens with zero attached hydrogens (tertiary/aromatic N) is 5. The summed E-state index contributed by atoms with van der Waals surface area (Å²) in [4.78, 5) is 7.97. The Labute approximate surface area is 108 Å². The molecule has 0 radical (unpaired) electrons. The van der Waals surface area contributed by atoms with Gasteiger partial charge in [-0.15, -0.1) is 0 Å². The fourth-order valence-electron chi connectivity index (χ4n) is 1.25. The van der Waals surface area contributed by atoms with E-state index in [1.807, 2.05) is 0 Å². The van der Waals surface area contributed by atoms with Crippen LogP contribution in [0.1, 0.15) is 5.69 Å². The van der Waals surface area contributed by atoms with E-state index in [0.29, 0.717) is 5.82 Å². The maximum absolute atomic E-state index is 11.3. The molecule has 2 aromatic rings. The number of aromatic nitrogens is 4. The fraction of sp³-hybridized carbons (Fsp3) is 0.111. The van der Waals surface area contributed by atoms with Gasteiger partial charge >= 0.3 is 0 Å². The average Bonchev–Trinajstić information content (AvgIpc) is 2.87. The van der Waals surface area contributed by atoms with E-state index in [2.05, 4.69) is 20.2 Å². The second kappa shape index (κ2) is 4.65. The van der Waals surface area contributed by atoms with E-state index in [-0.39, 0.29) is 16.4 Å². The first-order chi connectivity index (χ1) is 8.91.